The van der Waals surface area contributed by atoms with Crippen molar-refractivity contribution >= 4 is 17.3 Å². The molecule has 1 amide bonds. The second-order valence-corrected chi connectivity index (χ2v) is 13.1. The number of nitrogens with zero attached hydrogens (tertiary/aromatic N) is 4. The summed E-state index contributed by atoms with van der Waals surface area (Å²) in [6.07, 6.45) is -2.56. The molecule has 5 aromatic carbocycles. The third-order valence-electron chi connectivity index (χ3n) is 8.94. The van der Waals surface area contributed by atoms with Gasteiger partial charge in [-0.25, -0.2) is 4.68 Å². The second kappa shape index (κ2) is 16.0. The summed E-state index contributed by atoms with van der Waals surface area (Å²) in [4.78, 5) is 15.9. The fourth-order valence-corrected chi connectivity index (χ4v) is 6.04. The number of aromatic nitrogens is 2. The number of hydrogen-bond acceptors (Lipinski definition) is 6. The number of carbonyl (C=O) groups is 1. The van der Waals surface area contributed by atoms with Gasteiger partial charge in [0, 0.05) is 30.9 Å². The lowest BCUT2D eigenvalue weighted by molar-refractivity contribution is -0.141. The van der Waals surface area contributed by atoms with Crippen LogP contribution in [0.1, 0.15) is 51.3 Å². The molecule has 7 rings (SSSR count). The van der Waals surface area contributed by atoms with Crippen molar-refractivity contribution in [3.8, 4) is 23.3 Å². The number of nitrogens with one attached hydrogen (secondary N) is 1. The van der Waals surface area contributed by atoms with Crippen LogP contribution < -0.4 is 19.7 Å². The Morgan fingerprint density at radius 2 is 1.50 bits per heavy atom. The van der Waals surface area contributed by atoms with Gasteiger partial charge in [0.05, 0.1) is 23.0 Å². The predicted molar refractivity (Wildman–Crippen MR) is 199 cm³/mol. The summed E-state index contributed by atoms with van der Waals surface area (Å²) in [7, 11) is 0. The van der Waals surface area contributed by atoms with E-state index in [9.17, 15) is 23.2 Å². The number of rotatable bonds is 14. The van der Waals surface area contributed by atoms with Gasteiger partial charge in [0.15, 0.2) is 5.69 Å². The van der Waals surface area contributed by atoms with Gasteiger partial charge in [0.2, 0.25) is 0 Å². The van der Waals surface area contributed by atoms with E-state index in [0.717, 1.165) is 46.4 Å². The maximum absolute atomic E-state index is 13.8. The smallest absolute Gasteiger partial charge is 0.435 e. The van der Waals surface area contributed by atoms with E-state index in [1.54, 1.807) is 18.2 Å². The van der Waals surface area contributed by atoms with Crippen LogP contribution in [0.5, 0.6) is 11.5 Å². The molecule has 6 aromatic rings. The van der Waals surface area contributed by atoms with E-state index in [4.69, 9.17) is 9.47 Å². The van der Waals surface area contributed by atoms with E-state index in [-0.39, 0.29) is 16.9 Å². The van der Waals surface area contributed by atoms with Crippen LogP contribution in [0, 0.1) is 17.2 Å². The molecule has 8 nitrogen and oxygen atoms in total. The number of hydrogen-bond donors (Lipinski definition) is 1. The van der Waals surface area contributed by atoms with Gasteiger partial charge in [-0.15, -0.1) is 0 Å². The van der Waals surface area contributed by atoms with Gasteiger partial charge in [0.25, 0.3) is 5.91 Å². The minimum Gasteiger partial charge on any atom is -0.489 e. The molecule has 1 N–H and O–H groups in total. The van der Waals surface area contributed by atoms with Crippen molar-refractivity contribution in [1.82, 2.24) is 9.78 Å². The Hall–Kier alpha value is -6.54. The quantitative estimate of drug-likeness (QED) is 0.120. The molecule has 54 heavy (non-hydrogen) atoms. The van der Waals surface area contributed by atoms with E-state index in [2.05, 4.69) is 15.3 Å². The van der Waals surface area contributed by atoms with Crippen molar-refractivity contribution < 1.29 is 27.4 Å². The summed E-state index contributed by atoms with van der Waals surface area (Å²) in [5.41, 5.74) is 3.02. The first-order valence-electron chi connectivity index (χ1n) is 17.5. The molecule has 1 fully saturated rings. The van der Waals surface area contributed by atoms with Gasteiger partial charge >= 0.3 is 6.18 Å². The lowest BCUT2D eigenvalue weighted by Crippen LogP contribution is -2.26. The highest BCUT2D eigenvalue weighted by atomic mass is 19.4. The minimum absolute atomic E-state index is 0.152. The molecule has 0 saturated heterocycles. The first-order chi connectivity index (χ1) is 26.2. The Balaban J connectivity index is 1.16. The predicted octanol–water partition coefficient (Wildman–Crippen LogP) is 9.59. The van der Waals surface area contributed by atoms with Crippen molar-refractivity contribution in [2.24, 2.45) is 5.92 Å². The number of carbonyl (C=O) groups excluding carboxylic acids is 1. The van der Waals surface area contributed by atoms with Crippen LogP contribution in [0.15, 0.2) is 133 Å². The van der Waals surface area contributed by atoms with E-state index in [0.29, 0.717) is 48.9 Å². The number of nitriles is 1. The Bertz CT molecular complexity index is 2260. The van der Waals surface area contributed by atoms with Gasteiger partial charge in [-0.3, -0.25) is 4.79 Å². The topological polar surface area (TPSA) is 92.4 Å². The number of alkyl halides is 3. The summed E-state index contributed by atoms with van der Waals surface area (Å²) in [5, 5.41) is 15.8. The molecule has 11 heteroatoms. The number of ether oxygens (including phenoxy) is 2. The van der Waals surface area contributed by atoms with Crippen LogP contribution in [0.2, 0.25) is 0 Å². The lowest BCUT2D eigenvalue weighted by atomic mass is 10.1. The first-order valence-corrected chi connectivity index (χ1v) is 17.5. The molecule has 272 valence electrons. The molecule has 0 radical (unpaired) electrons. The SMILES string of the molecule is N#Cc1cccc(-n2nc(C(F)(F)F)cc2C(=O)Nc2cccc(CN(CC3CC3)c3cc(OCc4ccccc4)ccc3OCc3ccccc3)c2)c1. The number of amides is 1. The Morgan fingerprint density at radius 1 is 0.815 bits per heavy atom. The van der Waals surface area contributed by atoms with Gasteiger partial charge < -0.3 is 19.7 Å². The molecule has 1 aromatic heterocycles. The average Bonchev–Trinajstić information content (AvgIpc) is 3.89. The summed E-state index contributed by atoms with van der Waals surface area (Å²) in [6.45, 7) is 2.01. The largest absolute Gasteiger partial charge is 0.489 e. The number of anilines is 2. The van der Waals surface area contributed by atoms with Crippen LogP contribution in [0.25, 0.3) is 5.69 Å². The molecule has 0 unspecified atom stereocenters. The Morgan fingerprint density at radius 3 is 2.19 bits per heavy atom. The number of benzene rings is 5. The van der Waals surface area contributed by atoms with E-state index < -0.39 is 17.8 Å². The van der Waals surface area contributed by atoms with E-state index >= 15 is 0 Å². The summed E-state index contributed by atoms with van der Waals surface area (Å²) >= 11 is 0. The molecular formula is C43H36F3N5O3. The lowest BCUT2D eigenvalue weighted by Gasteiger charge is -2.28. The van der Waals surface area contributed by atoms with Crippen molar-refractivity contribution in [2.75, 3.05) is 16.8 Å². The average molecular weight is 728 g/mol. The molecule has 1 aliphatic rings. The summed E-state index contributed by atoms with van der Waals surface area (Å²) in [5.74, 6) is 1.11. The van der Waals surface area contributed by atoms with E-state index in [1.807, 2.05) is 91.0 Å². The normalized spacial score (nSPS) is 12.5. The van der Waals surface area contributed by atoms with E-state index in [1.165, 1.54) is 24.3 Å². The molecule has 1 saturated carbocycles. The maximum atomic E-state index is 13.8. The zero-order valence-corrected chi connectivity index (χ0v) is 29.2. The molecule has 0 atom stereocenters. The third kappa shape index (κ3) is 9.08. The molecule has 0 aliphatic heterocycles. The van der Waals surface area contributed by atoms with Crippen molar-refractivity contribution in [1.29, 1.82) is 5.26 Å². The van der Waals surface area contributed by atoms with Crippen LogP contribution in [0.4, 0.5) is 24.5 Å². The maximum Gasteiger partial charge on any atom is 0.435 e. The summed E-state index contributed by atoms with van der Waals surface area (Å²) in [6, 6.07) is 41.5. The third-order valence-corrected chi connectivity index (χ3v) is 8.94. The highest BCUT2D eigenvalue weighted by Gasteiger charge is 2.36. The first kappa shape index (κ1) is 35.8. The van der Waals surface area contributed by atoms with Gasteiger partial charge in [-0.2, -0.15) is 23.5 Å². The fraction of sp³-hybridized carbons (Fsp3) is 0.186. The van der Waals surface area contributed by atoms with Crippen LogP contribution in [-0.4, -0.2) is 22.2 Å². The molecule has 0 spiro atoms. The van der Waals surface area contributed by atoms with Gasteiger partial charge in [-0.1, -0.05) is 78.9 Å². The summed E-state index contributed by atoms with van der Waals surface area (Å²) < 4.78 is 54.9. The highest BCUT2D eigenvalue weighted by molar-refractivity contribution is 6.03. The Labute approximate surface area is 311 Å². The standard InChI is InChI=1S/C43H36F3N5O3/c44-43(45,46)41-24-39(51(49-41)36-16-8-13-33(22-36)25-47)42(52)48-35-15-7-14-34(21-35)27-50(26-30-17-18-30)38-23-37(53-28-31-9-3-1-4-10-31)19-20-40(38)54-29-32-11-5-2-6-12-32/h1-16,19-24,30H,17-18,26-29H2,(H,48,52). The highest BCUT2D eigenvalue weighted by Crippen LogP contribution is 2.39. The second-order valence-electron chi connectivity index (χ2n) is 13.1. The minimum atomic E-state index is -4.79. The fourth-order valence-electron chi connectivity index (χ4n) is 6.04. The van der Waals surface area contributed by atoms with Crippen LogP contribution >= 0.6 is 0 Å². The molecule has 1 aliphatic carbocycles. The van der Waals surface area contributed by atoms with Crippen molar-refractivity contribution in [3.05, 3.63) is 167 Å². The molecule has 0 bridgehead atoms. The van der Waals surface area contributed by atoms with Crippen molar-refractivity contribution in [2.45, 2.75) is 38.8 Å². The van der Waals surface area contributed by atoms with Crippen LogP contribution in [-0.2, 0) is 25.9 Å². The Kier molecular flexibility index (Phi) is 10.6. The molecular weight excluding hydrogens is 691 g/mol. The zero-order chi connectivity index (χ0) is 37.5. The van der Waals surface area contributed by atoms with Crippen LogP contribution in [0.3, 0.4) is 0 Å². The molecule has 1 heterocycles. The zero-order valence-electron chi connectivity index (χ0n) is 29.2. The van der Waals surface area contributed by atoms with Gasteiger partial charge in [0.1, 0.15) is 30.4 Å². The van der Waals surface area contributed by atoms with Gasteiger partial charge in [-0.05, 0) is 77.9 Å². The number of halogens is 3. The van der Waals surface area contributed by atoms with Crippen molar-refractivity contribution in [3.63, 3.8) is 0 Å². The monoisotopic (exact) mass is 727 g/mol.